The van der Waals surface area contributed by atoms with Crippen molar-refractivity contribution in [2.45, 2.75) is 95.0 Å². The largest absolute Gasteiger partial charge is 0.375 e. The predicted octanol–water partition coefficient (Wildman–Crippen LogP) is 2.37. The first-order valence-electron chi connectivity index (χ1n) is 14.0. The van der Waals surface area contributed by atoms with E-state index in [0.29, 0.717) is 34.9 Å². The van der Waals surface area contributed by atoms with E-state index >= 15 is 4.39 Å². The zero-order valence-electron chi connectivity index (χ0n) is 21.6. The number of amides is 3. The number of aryl methyl sites for hydroxylation is 1. The van der Waals surface area contributed by atoms with E-state index < -0.39 is 11.9 Å². The zero-order valence-corrected chi connectivity index (χ0v) is 21.6. The van der Waals surface area contributed by atoms with Crippen LogP contribution in [-0.4, -0.2) is 78.0 Å². The summed E-state index contributed by atoms with van der Waals surface area (Å²) in [6.07, 6.45) is 7.46. The number of rotatable bonds is 5. The number of nitrogens with zero attached hydrogens (tertiary/aromatic N) is 2. The summed E-state index contributed by atoms with van der Waals surface area (Å²) < 4.78 is 22.1. The molecule has 5 aliphatic rings. The summed E-state index contributed by atoms with van der Waals surface area (Å²) >= 11 is 0. The van der Waals surface area contributed by atoms with Crippen molar-refractivity contribution in [3.05, 3.63) is 34.1 Å². The average Bonchev–Trinajstić information content (AvgIpc) is 3.22. The SMILES string of the molecule is Cc1cc(C2CCN(C3CC(OC4CCNCC4)C3)CC2)c(F)c2c1C(=O)N(C1CCC(=O)NC1=O)C2. The van der Waals surface area contributed by atoms with E-state index in [2.05, 4.69) is 15.5 Å². The van der Waals surface area contributed by atoms with Crippen molar-refractivity contribution in [2.75, 3.05) is 26.2 Å². The van der Waals surface area contributed by atoms with Crippen molar-refractivity contribution in [3.63, 3.8) is 0 Å². The van der Waals surface area contributed by atoms with Gasteiger partial charge >= 0.3 is 0 Å². The normalized spacial score (nSPS) is 29.8. The van der Waals surface area contributed by atoms with Crippen LogP contribution in [0.2, 0.25) is 0 Å². The van der Waals surface area contributed by atoms with Crippen LogP contribution >= 0.6 is 0 Å². The number of nitrogens with one attached hydrogen (secondary N) is 2. The molecular formula is C28H37FN4O4. The highest BCUT2D eigenvalue weighted by Crippen LogP contribution is 2.40. The van der Waals surface area contributed by atoms with Crippen LogP contribution in [0.1, 0.15) is 84.3 Å². The number of carbonyl (C=O) groups excluding carboxylic acids is 3. The summed E-state index contributed by atoms with van der Waals surface area (Å²) in [5.74, 6) is -1.27. The lowest BCUT2D eigenvalue weighted by Gasteiger charge is -2.46. The molecule has 0 aromatic heterocycles. The lowest BCUT2D eigenvalue weighted by molar-refractivity contribution is -0.136. The van der Waals surface area contributed by atoms with E-state index in [1.54, 1.807) is 0 Å². The number of hydrogen-bond acceptors (Lipinski definition) is 6. The van der Waals surface area contributed by atoms with Gasteiger partial charge in [0.2, 0.25) is 11.8 Å². The molecule has 9 heteroatoms. The Bertz CT molecular complexity index is 1090. The second-order valence-corrected chi connectivity index (χ2v) is 11.5. The molecular weight excluding hydrogens is 475 g/mol. The molecule has 1 aromatic carbocycles. The van der Waals surface area contributed by atoms with Gasteiger partial charge in [0.1, 0.15) is 11.9 Å². The first-order valence-corrected chi connectivity index (χ1v) is 14.0. The van der Waals surface area contributed by atoms with Crippen LogP contribution in [-0.2, 0) is 20.9 Å². The van der Waals surface area contributed by atoms with Gasteiger partial charge in [-0.3, -0.25) is 19.7 Å². The Labute approximate surface area is 217 Å². The lowest BCUT2D eigenvalue weighted by Crippen LogP contribution is -2.52. The fourth-order valence-electron chi connectivity index (χ4n) is 6.98. The van der Waals surface area contributed by atoms with Crippen LogP contribution in [0.25, 0.3) is 0 Å². The highest BCUT2D eigenvalue weighted by atomic mass is 19.1. The third-order valence-corrected chi connectivity index (χ3v) is 9.20. The number of carbonyl (C=O) groups is 3. The van der Waals surface area contributed by atoms with Gasteiger partial charge in [0, 0.05) is 18.0 Å². The first-order chi connectivity index (χ1) is 17.9. The van der Waals surface area contributed by atoms with Crippen LogP contribution in [0.3, 0.4) is 0 Å². The maximum absolute atomic E-state index is 15.9. The maximum Gasteiger partial charge on any atom is 0.255 e. The number of likely N-dealkylation sites (tertiary alicyclic amines) is 1. The Morgan fingerprint density at radius 2 is 1.73 bits per heavy atom. The predicted molar refractivity (Wildman–Crippen MR) is 135 cm³/mol. The molecule has 0 spiro atoms. The maximum atomic E-state index is 15.9. The van der Waals surface area contributed by atoms with Gasteiger partial charge < -0.3 is 19.9 Å². The minimum Gasteiger partial charge on any atom is -0.375 e. The van der Waals surface area contributed by atoms with E-state index in [4.69, 9.17) is 4.74 Å². The standard InChI is InChI=1S/C28H37FN4O4/c1-16-12-21(26(29)22-15-33(28(36)25(16)22)23-2-3-24(34)31-27(23)35)17-6-10-32(11-7-17)18-13-20(14-18)37-19-4-8-30-9-5-19/h12,17-20,23,30H,2-11,13-15H2,1H3,(H,31,34,35). The van der Waals surface area contributed by atoms with E-state index in [9.17, 15) is 14.4 Å². The third kappa shape index (κ3) is 4.70. The van der Waals surface area contributed by atoms with Crippen molar-refractivity contribution >= 4 is 17.7 Å². The van der Waals surface area contributed by atoms with Crippen molar-refractivity contribution in [1.82, 2.24) is 20.4 Å². The molecule has 4 aliphatic heterocycles. The fraction of sp³-hybridized carbons (Fsp3) is 0.679. The molecule has 1 aliphatic carbocycles. The Hall–Kier alpha value is -2.36. The Morgan fingerprint density at radius 3 is 2.43 bits per heavy atom. The van der Waals surface area contributed by atoms with Gasteiger partial charge in [0.25, 0.3) is 5.91 Å². The molecule has 1 unspecified atom stereocenters. The second-order valence-electron chi connectivity index (χ2n) is 11.5. The van der Waals surface area contributed by atoms with Gasteiger partial charge in [-0.05, 0) is 95.1 Å². The van der Waals surface area contributed by atoms with Crippen molar-refractivity contribution in [3.8, 4) is 0 Å². The summed E-state index contributed by atoms with van der Waals surface area (Å²) in [5.41, 5.74) is 2.27. The minimum atomic E-state index is -0.729. The molecule has 3 amide bonds. The number of piperidine rings is 3. The molecule has 6 rings (SSSR count). The molecule has 0 radical (unpaired) electrons. The first kappa shape index (κ1) is 24.9. The minimum absolute atomic E-state index is 0.0837. The number of benzene rings is 1. The number of ether oxygens (including phenoxy) is 1. The zero-order chi connectivity index (χ0) is 25.7. The van der Waals surface area contributed by atoms with E-state index in [0.717, 1.165) is 70.3 Å². The molecule has 37 heavy (non-hydrogen) atoms. The van der Waals surface area contributed by atoms with Crippen LogP contribution in [0.5, 0.6) is 0 Å². The lowest BCUT2D eigenvalue weighted by atomic mass is 9.82. The highest BCUT2D eigenvalue weighted by molar-refractivity contribution is 6.06. The fourth-order valence-corrected chi connectivity index (χ4v) is 6.98. The quantitative estimate of drug-likeness (QED) is 0.589. The molecule has 1 saturated carbocycles. The third-order valence-electron chi connectivity index (χ3n) is 9.20. The summed E-state index contributed by atoms with van der Waals surface area (Å²) in [7, 11) is 0. The number of hydrogen-bond donors (Lipinski definition) is 2. The van der Waals surface area contributed by atoms with Gasteiger partial charge in [-0.25, -0.2) is 4.39 Å². The highest BCUT2D eigenvalue weighted by Gasteiger charge is 2.42. The number of imide groups is 1. The number of halogens is 1. The number of fused-ring (bicyclic) bond motifs is 1. The molecule has 1 aromatic rings. The molecule has 2 N–H and O–H groups in total. The monoisotopic (exact) mass is 512 g/mol. The molecule has 200 valence electrons. The van der Waals surface area contributed by atoms with Gasteiger partial charge in [0.15, 0.2) is 0 Å². The van der Waals surface area contributed by atoms with Gasteiger partial charge in [-0.15, -0.1) is 0 Å². The molecule has 0 bridgehead atoms. The van der Waals surface area contributed by atoms with Crippen LogP contribution < -0.4 is 10.6 Å². The van der Waals surface area contributed by atoms with Crippen molar-refractivity contribution in [1.29, 1.82) is 0 Å². The van der Waals surface area contributed by atoms with Crippen molar-refractivity contribution in [2.24, 2.45) is 0 Å². The summed E-state index contributed by atoms with van der Waals surface area (Å²) in [6, 6.07) is 1.69. The average molecular weight is 513 g/mol. The van der Waals surface area contributed by atoms with Crippen LogP contribution in [0.4, 0.5) is 4.39 Å². The Morgan fingerprint density at radius 1 is 1.00 bits per heavy atom. The Balaban J connectivity index is 1.07. The molecule has 4 heterocycles. The van der Waals surface area contributed by atoms with E-state index in [1.165, 1.54) is 4.90 Å². The molecule has 4 fully saturated rings. The second kappa shape index (κ2) is 10.1. The van der Waals surface area contributed by atoms with E-state index in [-0.39, 0.29) is 42.9 Å². The van der Waals surface area contributed by atoms with Crippen LogP contribution in [0, 0.1) is 12.7 Å². The summed E-state index contributed by atoms with van der Waals surface area (Å²) in [4.78, 5) is 41.1. The Kier molecular flexibility index (Phi) is 6.79. The van der Waals surface area contributed by atoms with Crippen LogP contribution in [0.15, 0.2) is 6.07 Å². The summed E-state index contributed by atoms with van der Waals surface area (Å²) in [6.45, 7) is 5.95. The summed E-state index contributed by atoms with van der Waals surface area (Å²) in [5, 5.41) is 5.70. The molecule has 8 nitrogen and oxygen atoms in total. The van der Waals surface area contributed by atoms with Crippen molar-refractivity contribution < 1.29 is 23.5 Å². The van der Waals surface area contributed by atoms with Gasteiger partial charge in [0.05, 0.1) is 24.3 Å². The molecule has 1 atom stereocenters. The van der Waals surface area contributed by atoms with Gasteiger partial charge in [-0.2, -0.15) is 0 Å². The topological polar surface area (TPSA) is 91.0 Å². The molecule has 3 saturated heterocycles. The van der Waals surface area contributed by atoms with E-state index in [1.807, 2.05) is 13.0 Å². The smallest absolute Gasteiger partial charge is 0.255 e. The van der Waals surface area contributed by atoms with Gasteiger partial charge in [-0.1, -0.05) is 6.07 Å².